The maximum Gasteiger partial charge on any atom is 0.421 e. The molecule has 0 spiro atoms. The van der Waals surface area contributed by atoms with Crippen molar-refractivity contribution in [3.05, 3.63) is 41.6 Å². The van der Waals surface area contributed by atoms with E-state index in [-0.39, 0.29) is 11.9 Å². The van der Waals surface area contributed by atoms with E-state index >= 15 is 0 Å². The van der Waals surface area contributed by atoms with E-state index in [1.165, 1.54) is 7.05 Å². The molecule has 38 heavy (non-hydrogen) atoms. The first-order valence-corrected chi connectivity index (χ1v) is 12.5. The molecule has 206 valence electrons. The van der Waals surface area contributed by atoms with E-state index in [9.17, 15) is 27.9 Å². The number of amides is 2. The summed E-state index contributed by atoms with van der Waals surface area (Å²) < 4.78 is 41.3. The molecule has 1 saturated heterocycles. The molecule has 3 N–H and O–H groups in total. The number of piperazine rings is 1. The van der Waals surface area contributed by atoms with E-state index in [0.29, 0.717) is 43.4 Å². The van der Waals surface area contributed by atoms with Crippen LogP contribution < -0.4 is 10.6 Å². The van der Waals surface area contributed by atoms with Gasteiger partial charge in [-0.3, -0.25) is 4.79 Å². The molecule has 13 heteroatoms. The number of carbonyl (C=O) groups excluding carboxylic acids is 1. The number of likely N-dealkylation sites (N-methyl/N-ethyl adjacent to an activating group) is 2. The van der Waals surface area contributed by atoms with Crippen molar-refractivity contribution in [3.8, 4) is 0 Å². The quantitative estimate of drug-likeness (QED) is 0.510. The summed E-state index contributed by atoms with van der Waals surface area (Å²) in [6.07, 6.45) is -2.53. The van der Waals surface area contributed by atoms with Crippen molar-refractivity contribution >= 4 is 29.5 Å². The fourth-order valence-corrected chi connectivity index (χ4v) is 4.84. The van der Waals surface area contributed by atoms with Crippen LogP contribution in [0.1, 0.15) is 41.6 Å². The lowest BCUT2D eigenvalue weighted by Gasteiger charge is -2.37. The molecule has 10 nitrogen and oxygen atoms in total. The largest absolute Gasteiger partial charge is 0.465 e. The Labute approximate surface area is 218 Å². The van der Waals surface area contributed by atoms with E-state index < -0.39 is 35.7 Å². The topological polar surface area (TPSA) is 114 Å². The van der Waals surface area contributed by atoms with Gasteiger partial charge in [0.05, 0.1) is 6.04 Å². The Morgan fingerprint density at radius 3 is 2.37 bits per heavy atom. The van der Waals surface area contributed by atoms with Gasteiger partial charge in [0.15, 0.2) is 0 Å². The number of benzene rings is 1. The first kappa shape index (κ1) is 27.4. The first-order valence-electron chi connectivity index (χ1n) is 12.5. The fraction of sp³-hybridized carbons (Fsp3) is 0.520. The summed E-state index contributed by atoms with van der Waals surface area (Å²) in [7, 11) is 3.43. The zero-order valence-corrected chi connectivity index (χ0v) is 21.3. The second-order valence-corrected chi connectivity index (χ2v) is 9.75. The van der Waals surface area contributed by atoms with Gasteiger partial charge in [0.2, 0.25) is 5.95 Å². The third-order valence-electron chi connectivity index (χ3n) is 7.12. The molecule has 1 saturated carbocycles. The number of aromatic nitrogens is 2. The van der Waals surface area contributed by atoms with Crippen LogP contribution in [0.4, 0.5) is 35.4 Å². The Morgan fingerprint density at radius 1 is 1.08 bits per heavy atom. The summed E-state index contributed by atoms with van der Waals surface area (Å²) >= 11 is 0. The van der Waals surface area contributed by atoms with Crippen LogP contribution in [0.15, 0.2) is 30.5 Å². The number of alkyl halides is 3. The standard InChI is InChI=1S/C25H32F3N7O3/c1-33-11-13-35(14-12-33)22(36)16-7-9-17(10-8-16)30-23-29-15-18(25(26,27)28)21(32-23)31-19-5-3-4-6-20(19)34(2)24(37)38/h7-10,15,19-20H,3-6,11-14H2,1-2H3,(H,37,38)(H2,29,30,31,32)/t19-,20+/m1/s1. The predicted octanol–water partition coefficient (Wildman–Crippen LogP) is 3.96. The number of nitrogens with one attached hydrogen (secondary N) is 2. The predicted molar refractivity (Wildman–Crippen MR) is 136 cm³/mol. The number of anilines is 3. The van der Waals surface area contributed by atoms with Gasteiger partial charge in [-0.1, -0.05) is 12.8 Å². The van der Waals surface area contributed by atoms with Crippen LogP contribution in [-0.4, -0.2) is 94.1 Å². The number of hydrogen-bond acceptors (Lipinski definition) is 7. The Morgan fingerprint density at radius 2 is 1.74 bits per heavy atom. The van der Waals surface area contributed by atoms with Gasteiger partial charge < -0.3 is 30.4 Å². The Bertz CT molecular complexity index is 1140. The Hall–Kier alpha value is -3.61. The lowest BCUT2D eigenvalue weighted by atomic mass is 9.89. The molecule has 1 aromatic carbocycles. The SMILES string of the molecule is CN1CCN(C(=O)c2ccc(Nc3ncc(C(F)(F)F)c(N[C@@H]4CCCC[C@@H]4N(C)C(=O)O)n3)cc2)CC1. The minimum absolute atomic E-state index is 0.0578. The summed E-state index contributed by atoms with van der Waals surface area (Å²) in [6, 6.07) is 5.58. The average molecular weight is 536 g/mol. The van der Waals surface area contributed by atoms with Crippen LogP contribution in [0.5, 0.6) is 0 Å². The lowest BCUT2D eigenvalue weighted by molar-refractivity contribution is -0.137. The van der Waals surface area contributed by atoms with Crippen LogP contribution >= 0.6 is 0 Å². The molecule has 2 amide bonds. The summed E-state index contributed by atoms with van der Waals surface area (Å²) in [4.78, 5) is 37.3. The number of rotatable bonds is 6. The molecule has 2 heterocycles. The molecule has 2 fully saturated rings. The molecule has 0 radical (unpaired) electrons. The minimum Gasteiger partial charge on any atom is -0.465 e. The highest BCUT2D eigenvalue weighted by Gasteiger charge is 2.38. The summed E-state index contributed by atoms with van der Waals surface area (Å²) in [6.45, 7) is 2.91. The number of hydrogen-bond donors (Lipinski definition) is 3. The van der Waals surface area contributed by atoms with Crippen molar-refractivity contribution in [1.29, 1.82) is 0 Å². The number of nitrogens with zero attached hydrogens (tertiary/aromatic N) is 5. The third-order valence-corrected chi connectivity index (χ3v) is 7.12. The molecule has 0 bridgehead atoms. The number of carboxylic acid groups (broad SMARTS) is 1. The molecule has 1 aliphatic heterocycles. The van der Waals surface area contributed by atoms with Gasteiger partial charge in [0, 0.05) is 56.7 Å². The zero-order valence-electron chi connectivity index (χ0n) is 21.3. The molecule has 2 aromatic rings. The van der Waals surface area contributed by atoms with Gasteiger partial charge in [-0.25, -0.2) is 9.78 Å². The van der Waals surface area contributed by atoms with Crippen LogP contribution in [-0.2, 0) is 6.18 Å². The second-order valence-electron chi connectivity index (χ2n) is 9.75. The Balaban J connectivity index is 1.51. The lowest BCUT2D eigenvalue weighted by Crippen LogP contribution is -2.49. The third kappa shape index (κ3) is 6.44. The van der Waals surface area contributed by atoms with E-state index in [0.717, 1.165) is 30.8 Å². The molecular formula is C25H32F3N7O3. The van der Waals surface area contributed by atoms with Crippen molar-refractivity contribution in [2.24, 2.45) is 0 Å². The normalized spacial score (nSPS) is 20.6. The van der Waals surface area contributed by atoms with Crippen molar-refractivity contribution in [2.45, 2.75) is 43.9 Å². The van der Waals surface area contributed by atoms with Gasteiger partial charge >= 0.3 is 12.3 Å². The summed E-state index contributed by atoms with van der Waals surface area (Å²) in [5.41, 5.74) is -0.00745. The molecule has 1 aromatic heterocycles. The van der Waals surface area contributed by atoms with Crippen LogP contribution in [0.3, 0.4) is 0 Å². The highest BCUT2D eigenvalue weighted by atomic mass is 19.4. The maximum absolute atomic E-state index is 13.8. The van der Waals surface area contributed by atoms with Gasteiger partial charge in [0.1, 0.15) is 11.4 Å². The van der Waals surface area contributed by atoms with Crippen LogP contribution in [0, 0.1) is 0 Å². The van der Waals surface area contributed by atoms with Gasteiger partial charge in [-0.05, 0) is 44.2 Å². The highest BCUT2D eigenvalue weighted by Crippen LogP contribution is 2.36. The van der Waals surface area contributed by atoms with Gasteiger partial charge in [-0.2, -0.15) is 18.2 Å². The molecule has 2 aliphatic rings. The maximum atomic E-state index is 13.8. The van der Waals surface area contributed by atoms with Gasteiger partial charge in [0.25, 0.3) is 5.91 Å². The zero-order chi connectivity index (χ0) is 27.4. The summed E-state index contributed by atoms with van der Waals surface area (Å²) in [5, 5.41) is 15.2. The molecule has 4 rings (SSSR count). The smallest absolute Gasteiger partial charge is 0.421 e. The van der Waals surface area contributed by atoms with Crippen molar-refractivity contribution in [3.63, 3.8) is 0 Å². The minimum atomic E-state index is -4.70. The van der Waals surface area contributed by atoms with Crippen molar-refractivity contribution < 1.29 is 27.9 Å². The Kier molecular flexibility index (Phi) is 8.24. The summed E-state index contributed by atoms with van der Waals surface area (Å²) in [5.74, 6) is -0.541. The van der Waals surface area contributed by atoms with Crippen LogP contribution in [0.25, 0.3) is 0 Å². The first-order chi connectivity index (χ1) is 18.0. The van der Waals surface area contributed by atoms with Crippen LogP contribution in [0.2, 0.25) is 0 Å². The fourth-order valence-electron chi connectivity index (χ4n) is 4.84. The monoisotopic (exact) mass is 535 g/mol. The van der Waals surface area contributed by atoms with E-state index in [2.05, 4.69) is 25.5 Å². The number of halogens is 3. The van der Waals surface area contributed by atoms with E-state index in [1.54, 1.807) is 29.2 Å². The van der Waals surface area contributed by atoms with Crippen molar-refractivity contribution in [1.82, 2.24) is 24.7 Å². The number of carbonyl (C=O) groups is 2. The molecule has 2 atom stereocenters. The molecular weight excluding hydrogens is 503 g/mol. The molecule has 1 aliphatic carbocycles. The average Bonchev–Trinajstić information content (AvgIpc) is 2.88. The molecule has 0 unspecified atom stereocenters. The van der Waals surface area contributed by atoms with E-state index in [1.807, 2.05) is 7.05 Å². The van der Waals surface area contributed by atoms with Gasteiger partial charge in [-0.15, -0.1) is 0 Å². The highest BCUT2D eigenvalue weighted by molar-refractivity contribution is 5.94. The second kappa shape index (κ2) is 11.4. The van der Waals surface area contributed by atoms with Crippen molar-refractivity contribution in [2.75, 3.05) is 50.9 Å². The van der Waals surface area contributed by atoms with E-state index in [4.69, 9.17) is 0 Å².